The first-order valence-electron chi connectivity index (χ1n) is 7.55. The van der Waals surface area contributed by atoms with Crippen LogP contribution >= 0.6 is 11.8 Å². The molecule has 0 spiro atoms. The summed E-state index contributed by atoms with van der Waals surface area (Å²) in [4.78, 5) is 16.9. The maximum absolute atomic E-state index is 12.4. The van der Waals surface area contributed by atoms with Crippen molar-refractivity contribution in [2.75, 3.05) is 5.32 Å². The molecule has 1 aromatic heterocycles. The Morgan fingerprint density at radius 2 is 1.96 bits per heavy atom. The molecule has 0 bridgehead atoms. The van der Waals surface area contributed by atoms with Crippen LogP contribution < -0.4 is 5.32 Å². The number of carbonyl (C=O) groups excluding carboxylic acids is 1. The van der Waals surface area contributed by atoms with E-state index >= 15 is 0 Å². The quantitative estimate of drug-likeness (QED) is 0.694. The minimum atomic E-state index is -0.246. The molecule has 118 valence electrons. The van der Waals surface area contributed by atoms with Crippen LogP contribution in [0.25, 0.3) is 11.1 Å². The Morgan fingerprint density at radius 3 is 2.65 bits per heavy atom. The molecule has 3 rings (SSSR count). The van der Waals surface area contributed by atoms with Crippen LogP contribution in [0.3, 0.4) is 0 Å². The largest absolute Gasteiger partial charge is 0.431 e. The highest BCUT2D eigenvalue weighted by molar-refractivity contribution is 8.00. The van der Waals surface area contributed by atoms with Gasteiger partial charge in [0.2, 0.25) is 5.91 Å². The van der Waals surface area contributed by atoms with E-state index in [-0.39, 0.29) is 11.2 Å². The van der Waals surface area contributed by atoms with E-state index in [1.54, 1.807) is 0 Å². The molecule has 23 heavy (non-hydrogen) atoms. The van der Waals surface area contributed by atoms with E-state index in [0.29, 0.717) is 11.6 Å². The Hall–Kier alpha value is -2.27. The highest BCUT2D eigenvalue weighted by atomic mass is 32.2. The lowest BCUT2D eigenvalue weighted by molar-refractivity contribution is -0.115. The summed E-state index contributed by atoms with van der Waals surface area (Å²) in [6.45, 7) is 4.00. The van der Waals surface area contributed by atoms with Crippen LogP contribution in [0.15, 0.2) is 58.2 Å². The number of nitrogens with one attached hydrogen (secondary N) is 1. The number of oxazole rings is 1. The SMILES string of the molecule is CCC(Sc1nc2ccccc2o1)C(=O)Nc1ccc(C)cc1. The van der Waals surface area contributed by atoms with Gasteiger partial charge in [0.05, 0.1) is 5.25 Å². The highest BCUT2D eigenvalue weighted by Gasteiger charge is 2.21. The van der Waals surface area contributed by atoms with Crippen molar-refractivity contribution in [2.45, 2.75) is 30.7 Å². The molecule has 5 heteroatoms. The molecule has 0 aliphatic carbocycles. The third-order valence-electron chi connectivity index (χ3n) is 3.50. The lowest BCUT2D eigenvalue weighted by Gasteiger charge is -2.12. The Morgan fingerprint density at radius 1 is 1.22 bits per heavy atom. The number of hydrogen-bond donors (Lipinski definition) is 1. The molecule has 0 saturated carbocycles. The van der Waals surface area contributed by atoms with Crippen LogP contribution in [0.2, 0.25) is 0 Å². The van der Waals surface area contributed by atoms with Crippen molar-refractivity contribution in [3.63, 3.8) is 0 Å². The molecular formula is C18H18N2O2S. The van der Waals surface area contributed by atoms with Crippen LogP contribution in [-0.4, -0.2) is 16.1 Å². The molecule has 0 saturated heterocycles. The van der Waals surface area contributed by atoms with E-state index < -0.39 is 0 Å². The first-order valence-corrected chi connectivity index (χ1v) is 8.43. The summed E-state index contributed by atoms with van der Waals surface area (Å²) in [6.07, 6.45) is 0.696. The van der Waals surface area contributed by atoms with E-state index in [4.69, 9.17) is 4.42 Å². The van der Waals surface area contributed by atoms with Crippen LogP contribution in [0, 0.1) is 6.92 Å². The number of aryl methyl sites for hydroxylation is 1. The number of rotatable bonds is 5. The smallest absolute Gasteiger partial charge is 0.257 e. The second-order valence-corrected chi connectivity index (χ2v) is 6.47. The molecule has 1 unspecified atom stereocenters. The molecule has 1 heterocycles. The van der Waals surface area contributed by atoms with Gasteiger partial charge in [0.15, 0.2) is 5.58 Å². The van der Waals surface area contributed by atoms with E-state index in [0.717, 1.165) is 22.4 Å². The molecule has 2 aromatic carbocycles. The number of anilines is 1. The molecule has 1 atom stereocenters. The summed E-state index contributed by atoms with van der Waals surface area (Å²) in [6, 6.07) is 15.4. The standard InChI is InChI=1S/C18H18N2O2S/c1-3-16(17(21)19-13-10-8-12(2)9-11-13)23-18-20-14-6-4-5-7-15(14)22-18/h4-11,16H,3H2,1-2H3,(H,19,21). The Balaban J connectivity index is 1.71. The number of para-hydroxylation sites is 2. The molecular weight excluding hydrogens is 308 g/mol. The van der Waals surface area contributed by atoms with Gasteiger partial charge >= 0.3 is 0 Å². The average Bonchev–Trinajstić information content (AvgIpc) is 2.97. The van der Waals surface area contributed by atoms with Gasteiger partial charge < -0.3 is 9.73 Å². The normalized spacial score (nSPS) is 12.3. The van der Waals surface area contributed by atoms with Crippen molar-refractivity contribution in [3.05, 3.63) is 54.1 Å². The van der Waals surface area contributed by atoms with Crippen molar-refractivity contribution in [1.82, 2.24) is 4.98 Å². The monoisotopic (exact) mass is 326 g/mol. The second-order valence-electron chi connectivity index (χ2n) is 5.32. The van der Waals surface area contributed by atoms with Gasteiger partial charge in [-0.25, -0.2) is 4.98 Å². The third-order valence-corrected chi connectivity index (χ3v) is 4.71. The summed E-state index contributed by atoms with van der Waals surface area (Å²) in [5.74, 6) is -0.0383. The summed E-state index contributed by atoms with van der Waals surface area (Å²) in [5, 5.41) is 3.22. The number of aromatic nitrogens is 1. The van der Waals surface area contributed by atoms with Gasteiger partial charge in [0.1, 0.15) is 5.52 Å². The number of thioether (sulfide) groups is 1. The zero-order valence-electron chi connectivity index (χ0n) is 13.1. The molecule has 0 aliphatic heterocycles. The van der Waals surface area contributed by atoms with Crippen molar-refractivity contribution in [2.24, 2.45) is 0 Å². The summed E-state index contributed by atoms with van der Waals surface area (Å²) in [7, 11) is 0. The van der Waals surface area contributed by atoms with Gasteiger partial charge in [0, 0.05) is 5.69 Å². The summed E-state index contributed by atoms with van der Waals surface area (Å²) < 4.78 is 5.69. The fraction of sp³-hybridized carbons (Fsp3) is 0.222. The topological polar surface area (TPSA) is 55.1 Å². The maximum Gasteiger partial charge on any atom is 0.257 e. The van der Waals surface area contributed by atoms with Gasteiger partial charge in [-0.3, -0.25) is 4.79 Å². The van der Waals surface area contributed by atoms with Gasteiger partial charge in [-0.1, -0.05) is 48.5 Å². The minimum Gasteiger partial charge on any atom is -0.431 e. The van der Waals surface area contributed by atoms with Gasteiger partial charge in [-0.05, 0) is 37.6 Å². The molecule has 0 radical (unpaired) electrons. The van der Waals surface area contributed by atoms with Gasteiger partial charge in [-0.15, -0.1) is 0 Å². The number of amides is 1. The molecule has 1 N–H and O–H groups in total. The number of hydrogen-bond acceptors (Lipinski definition) is 4. The van der Waals surface area contributed by atoms with Gasteiger partial charge in [0.25, 0.3) is 5.22 Å². The van der Waals surface area contributed by atoms with E-state index in [9.17, 15) is 4.79 Å². The van der Waals surface area contributed by atoms with Gasteiger partial charge in [-0.2, -0.15) is 0 Å². The van der Waals surface area contributed by atoms with E-state index in [1.807, 2.05) is 62.4 Å². The highest BCUT2D eigenvalue weighted by Crippen LogP contribution is 2.29. The summed E-state index contributed by atoms with van der Waals surface area (Å²) in [5.41, 5.74) is 3.51. The second kappa shape index (κ2) is 6.87. The van der Waals surface area contributed by atoms with Crippen LogP contribution in [0.1, 0.15) is 18.9 Å². The van der Waals surface area contributed by atoms with Crippen molar-refractivity contribution >= 4 is 34.5 Å². The minimum absolute atomic E-state index is 0.0383. The zero-order chi connectivity index (χ0) is 16.2. The maximum atomic E-state index is 12.4. The Bertz CT molecular complexity index is 778. The van der Waals surface area contributed by atoms with Crippen LogP contribution in [-0.2, 0) is 4.79 Å². The van der Waals surface area contributed by atoms with Crippen molar-refractivity contribution in [1.29, 1.82) is 0 Å². The lowest BCUT2D eigenvalue weighted by Crippen LogP contribution is -2.24. The molecule has 0 fully saturated rings. The number of fused-ring (bicyclic) bond motifs is 1. The van der Waals surface area contributed by atoms with E-state index in [1.165, 1.54) is 11.8 Å². The Labute approximate surface area is 139 Å². The Kier molecular flexibility index (Phi) is 4.67. The average molecular weight is 326 g/mol. The summed E-state index contributed by atoms with van der Waals surface area (Å²) >= 11 is 1.36. The fourth-order valence-electron chi connectivity index (χ4n) is 2.21. The van der Waals surface area contributed by atoms with Crippen LogP contribution in [0.4, 0.5) is 5.69 Å². The number of carbonyl (C=O) groups is 1. The number of nitrogens with zero attached hydrogens (tertiary/aromatic N) is 1. The van der Waals surface area contributed by atoms with E-state index in [2.05, 4.69) is 10.3 Å². The van der Waals surface area contributed by atoms with Crippen molar-refractivity contribution < 1.29 is 9.21 Å². The predicted octanol–water partition coefficient (Wildman–Crippen LogP) is 4.65. The fourth-order valence-corrected chi connectivity index (χ4v) is 3.07. The first kappa shape index (κ1) is 15.6. The predicted molar refractivity (Wildman–Crippen MR) is 93.8 cm³/mol. The first-order chi connectivity index (χ1) is 11.2. The van der Waals surface area contributed by atoms with Crippen molar-refractivity contribution in [3.8, 4) is 0 Å². The molecule has 4 nitrogen and oxygen atoms in total. The number of benzene rings is 2. The van der Waals surface area contributed by atoms with Crippen LogP contribution in [0.5, 0.6) is 0 Å². The third kappa shape index (κ3) is 3.74. The molecule has 3 aromatic rings. The lowest BCUT2D eigenvalue weighted by atomic mass is 10.2. The molecule has 1 amide bonds. The molecule has 0 aliphatic rings. The zero-order valence-corrected chi connectivity index (χ0v) is 13.9.